The van der Waals surface area contributed by atoms with Crippen LogP contribution in [0.2, 0.25) is 0 Å². The number of amides is 1. The summed E-state index contributed by atoms with van der Waals surface area (Å²) >= 11 is 0. The van der Waals surface area contributed by atoms with Gasteiger partial charge >= 0.3 is 0 Å². The van der Waals surface area contributed by atoms with E-state index < -0.39 is 0 Å². The molecule has 3 rings (SSSR count). The van der Waals surface area contributed by atoms with Crippen molar-refractivity contribution in [2.24, 2.45) is 5.92 Å². The van der Waals surface area contributed by atoms with Crippen molar-refractivity contribution in [2.45, 2.75) is 19.4 Å². The van der Waals surface area contributed by atoms with Gasteiger partial charge in [0.1, 0.15) is 11.6 Å². The zero-order valence-corrected chi connectivity index (χ0v) is 14.0. The highest BCUT2D eigenvalue weighted by molar-refractivity contribution is 5.94. The zero-order valence-electron chi connectivity index (χ0n) is 14.0. The van der Waals surface area contributed by atoms with Crippen LogP contribution in [0.15, 0.2) is 48.5 Å². The molecule has 0 aliphatic carbocycles. The molecule has 1 saturated heterocycles. The van der Waals surface area contributed by atoms with Crippen molar-refractivity contribution in [3.63, 3.8) is 0 Å². The number of ether oxygens (including phenoxy) is 1. The van der Waals surface area contributed by atoms with E-state index in [9.17, 15) is 14.3 Å². The highest BCUT2D eigenvalue weighted by Crippen LogP contribution is 2.21. The summed E-state index contributed by atoms with van der Waals surface area (Å²) < 4.78 is 18.7. The van der Waals surface area contributed by atoms with Crippen molar-refractivity contribution in [2.75, 3.05) is 19.7 Å². The molecular weight excluding hydrogens is 321 g/mol. The molecule has 1 aliphatic rings. The molecule has 1 atom stereocenters. The molecular formula is C20H22FNO3. The maximum Gasteiger partial charge on any atom is 0.253 e. The van der Waals surface area contributed by atoms with Gasteiger partial charge in [0.25, 0.3) is 5.91 Å². The second-order valence-corrected chi connectivity index (χ2v) is 6.38. The van der Waals surface area contributed by atoms with Gasteiger partial charge in [-0.05, 0) is 54.8 Å². The lowest BCUT2D eigenvalue weighted by Gasteiger charge is -2.32. The van der Waals surface area contributed by atoms with Crippen LogP contribution in [0.5, 0.6) is 5.75 Å². The van der Waals surface area contributed by atoms with Crippen LogP contribution in [0.3, 0.4) is 0 Å². The van der Waals surface area contributed by atoms with Crippen LogP contribution in [-0.4, -0.2) is 35.6 Å². The van der Waals surface area contributed by atoms with Crippen LogP contribution in [-0.2, 0) is 6.61 Å². The third kappa shape index (κ3) is 4.57. The third-order valence-electron chi connectivity index (χ3n) is 4.46. The summed E-state index contributed by atoms with van der Waals surface area (Å²) in [5.74, 6) is 0.595. The summed E-state index contributed by atoms with van der Waals surface area (Å²) in [5.41, 5.74) is 1.34. The molecule has 1 fully saturated rings. The Hall–Kier alpha value is -2.40. The number of hydrogen-bond donors (Lipinski definition) is 1. The van der Waals surface area contributed by atoms with Gasteiger partial charge in [0.2, 0.25) is 0 Å². The molecule has 0 bridgehead atoms. The van der Waals surface area contributed by atoms with E-state index in [2.05, 4.69) is 0 Å². The maximum atomic E-state index is 12.9. The van der Waals surface area contributed by atoms with Gasteiger partial charge < -0.3 is 14.7 Å². The van der Waals surface area contributed by atoms with E-state index in [1.807, 2.05) is 4.90 Å². The van der Waals surface area contributed by atoms with Gasteiger partial charge in [-0.3, -0.25) is 4.79 Å². The number of nitrogens with zero attached hydrogens (tertiary/aromatic N) is 1. The Labute approximate surface area is 146 Å². The highest BCUT2D eigenvalue weighted by atomic mass is 19.1. The fourth-order valence-corrected chi connectivity index (χ4v) is 3.12. The Morgan fingerprint density at radius 1 is 1.24 bits per heavy atom. The lowest BCUT2D eigenvalue weighted by Crippen LogP contribution is -2.41. The smallest absolute Gasteiger partial charge is 0.253 e. The molecule has 2 aromatic rings. The molecule has 25 heavy (non-hydrogen) atoms. The molecule has 5 heteroatoms. The summed E-state index contributed by atoms with van der Waals surface area (Å²) in [4.78, 5) is 14.5. The first kappa shape index (κ1) is 17.4. The van der Waals surface area contributed by atoms with Gasteiger partial charge in [-0.2, -0.15) is 0 Å². The Morgan fingerprint density at radius 2 is 2.04 bits per heavy atom. The van der Waals surface area contributed by atoms with Crippen LogP contribution in [0.4, 0.5) is 4.39 Å². The van der Waals surface area contributed by atoms with Crippen LogP contribution >= 0.6 is 0 Å². The number of aliphatic hydroxyl groups is 1. The van der Waals surface area contributed by atoms with E-state index in [0.29, 0.717) is 24.5 Å². The number of halogens is 1. The normalized spacial score (nSPS) is 17.4. The molecule has 1 heterocycles. The monoisotopic (exact) mass is 343 g/mol. The van der Waals surface area contributed by atoms with E-state index in [1.54, 1.807) is 36.4 Å². The molecule has 132 valence electrons. The van der Waals surface area contributed by atoms with Gasteiger partial charge in [0.15, 0.2) is 0 Å². The number of carbonyl (C=O) groups excluding carboxylic acids is 1. The van der Waals surface area contributed by atoms with Crippen molar-refractivity contribution in [3.8, 4) is 5.75 Å². The summed E-state index contributed by atoms with van der Waals surface area (Å²) in [7, 11) is 0. The predicted molar refractivity (Wildman–Crippen MR) is 92.9 cm³/mol. The van der Waals surface area contributed by atoms with Crippen molar-refractivity contribution in [3.05, 3.63) is 65.5 Å². The lowest BCUT2D eigenvalue weighted by molar-refractivity contribution is 0.0633. The summed E-state index contributed by atoms with van der Waals surface area (Å²) in [6.07, 6.45) is 1.94. The van der Waals surface area contributed by atoms with Crippen LogP contribution < -0.4 is 4.74 Å². The molecule has 1 N–H and O–H groups in total. The minimum absolute atomic E-state index is 0.0122. The van der Waals surface area contributed by atoms with Crippen molar-refractivity contribution >= 4 is 5.91 Å². The minimum atomic E-state index is -0.285. The zero-order chi connectivity index (χ0) is 17.6. The van der Waals surface area contributed by atoms with E-state index in [-0.39, 0.29) is 24.2 Å². The average molecular weight is 343 g/mol. The number of likely N-dealkylation sites (tertiary alicyclic amines) is 1. The Bertz CT molecular complexity index is 717. The maximum absolute atomic E-state index is 12.9. The SMILES string of the molecule is O=C(c1cccc(CO)c1)N1CCC[C@@H](COc2ccc(F)cc2)C1. The number of piperidine rings is 1. The van der Waals surface area contributed by atoms with Gasteiger partial charge in [0.05, 0.1) is 13.2 Å². The largest absolute Gasteiger partial charge is 0.493 e. The molecule has 2 aromatic carbocycles. The Kier molecular flexibility index (Phi) is 5.66. The average Bonchev–Trinajstić information content (AvgIpc) is 2.67. The first-order chi connectivity index (χ1) is 12.2. The number of hydrogen-bond acceptors (Lipinski definition) is 3. The standard InChI is InChI=1S/C20H22FNO3/c21-18-6-8-19(9-7-18)25-14-16-4-2-10-22(12-16)20(24)17-5-1-3-15(11-17)13-23/h1,3,5-9,11,16,23H,2,4,10,12-14H2/t16-/m1/s1. The molecule has 4 nitrogen and oxygen atoms in total. The van der Waals surface area contributed by atoms with Crippen LogP contribution in [0, 0.1) is 11.7 Å². The van der Waals surface area contributed by atoms with Crippen molar-refractivity contribution < 1.29 is 19.0 Å². The fourth-order valence-electron chi connectivity index (χ4n) is 3.12. The first-order valence-electron chi connectivity index (χ1n) is 8.53. The van der Waals surface area contributed by atoms with Crippen LogP contribution in [0.1, 0.15) is 28.8 Å². The summed E-state index contributed by atoms with van der Waals surface area (Å²) in [6, 6.07) is 13.1. The summed E-state index contributed by atoms with van der Waals surface area (Å²) in [6.45, 7) is 1.81. The van der Waals surface area contributed by atoms with Crippen molar-refractivity contribution in [1.82, 2.24) is 4.90 Å². The Balaban J connectivity index is 1.58. The van der Waals surface area contributed by atoms with Crippen molar-refractivity contribution in [1.29, 1.82) is 0 Å². The second kappa shape index (κ2) is 8.12. The molecule has 0 radical (unpaired) electrons. The fraction of sp³-hybridized carbons (Fsp3) is 0.350. The van der Waals surface area contributed by atoms with Gasteiger partial charge in [0, 0.05) is 24.6 Å². The predicted octanol–water partition coefficient (Wildman–Crippen LogP) is 3.25. The van der Waals surface area contributed by atoms with E-state index in [0.717, 1.165) is 24.9 Å². The molecule has 0 unspecified atom stereocenters. The molecule has 1 aliphatic heterocycles. The van der Waals surface area contributed by atoms with E-state index in [4.69, 9.17) is 4.74 Å². The minimum Gasteiger partial charge on any atom is -0.493 e. The summed E-state index contributed by atoms with van der Waals surface area (Å²) in [5, 5.41) is 9.23. The number of carbonyl (C=O) groups is 1. The molecule has 0 spiro atoms. The Morgan fingerprint density at radius 3 is 2.80 bits per heavy atom. The second-order valence-electron chi connectivity index (χ2n) is 6.38. The number of benzene rings is 2. The molecule has 1 amide bonds. The number of aliphatic hydroxyl groups excluding tert-OH is 1. The molecule has 0 aromatic heterocycles. The molecule has 0 saturated carbocycles. The third-order valence-corrected chi connectivity index (χ3v) is 4.46. The lowest BCUT2D eigenvalue weighted by atomic mass is 9.98. The highest BCUT2D eigenvalue weighted by Gasteiger charge is 2.25. The quantitative estimate of drug-likeness (QED) is 0.907. The number of rotatable bonds is 5. The topological polar surface area (TPSA) is 49.8 Å². The van der Waals surface area contributed by atoms with E-state index in [1.165, 1.54) is 12.1 Å². The van der Waals surface area contributed by atoms with Crippen LogP contribution in [0.25, 0.3) is 0 Å². The van der Waals surface area contributed by atoms with Gasteiger partial charge in [-0.1, -0.05) is 12.1 Å². The van der Waals surface area contributed by atoms with Gasteiger partial charge in [-0.25, -0.2) is 4.39 Å². The first-order valence-corrected chi connectivity index (χ1v) is 8.53. The van der Waals surface area contributed by atoms with E-state index >= 15 is 0 Å². The van der Waals surface area contributed by atoms with Gasteiger partial charge in [-0.15, -0.1) is 0 Å².